The number of ether oxygens (including phenoxy) is 1. The highest BCUT2D eigenvalue weighted by Crippen LogP contribution is 2.30. The van der Waals surface area contributed by atoms with Gasteiger partial charge in [-0.25, -0.2) is 0 Å². The van der Waals surface area contributed by atoms with Gasteiger partial charge in [-0.3, -0.25) is 9.79 Å². The van der Waals surface area contributed by atoms with Gasteiger partial charge in [0, 0.05) is 18.9 Å². The van der Waals surface area contributed by atoms with Crippen molar-refractivity contribution in [1.29, 1.82) is 0 Å². The van der Waals surface area contributed by atoms with E-state index in [-0.39, 0.29) is 31.2 Å². The van der Waals surface area contributed by atoms with Crippen LogP contribution in [0, 0.1) is 0 Å². The maximum Gasteiger partial charge on any atom is 0.325 e. The lowest BCUT2D eigenvalue weighted by Gasteiger charge is -2.35. The number of carboxylic acid groups (broad SMARTS) is 1. The zero-order valence-corrected chi connectivity index (χ0v) is 12.2. The number of rotatable bonds is 7. The van der Waals surface area contributed by atoms with Gasteiger partial charge in [-0.1, -0.05) is 0 Å². The summed E-state index contributed by atoms with van der Waals surface area (Å²) in [7, 11) is 1.42. The van der Waals surface area contributed by atoms with Crippen molar-refractivity contribution in [3.05, 3.63) is 11.5 Å². The minimum atomic E-state index is -1.43. The molecule has 0 aromatic rings. The van der Waals surface area contributed by atoms with Gasteiger partial charge in [0.2, 0.25) is 0 Å². The molecule has 0 saturated carbocycles. The monoisotopic (exact) mass is 302 g/mol. The molecule has 0 radical (unpaired) electrons. The molecule has 1 aliphatic rings. The van der Waals surface area contributed by atoms with E-state index >= 15 is 0 Å². The Morgan fingerprint density at radius 2 is 2.14 bits per heavy atom. The van der Waals surface area contributed by atoms with Crippen LogP contribution in [-0.2, 0) is 9.53 Å². The van der Waals surface area contributed by atoms with Crippen molar-refractivity contribution in [1.82, 2.24) is 5.32 Å². The van der Waals surface area contributed by atoms with Crippen molar-refractivity contribution in [2.45, 2.75) is 31.4 Å². The topological polar surface area (TPSA) is 132 Å². The second-order valence-electron chi connectivity index (χ2n) is 5.13. The standard InChI is InChI=1S/C13H22N2O6/c1-8(6-16)15-10-4-13(20,7-17)3-9(12(10)21-2)14-5-11(18)19/h8,15-17,20H,3-7H2,1-2H3,(H,18,19)/t8-,13+/m0/s1. The van der Waals surface area contributed by atoms with Gasteiger partial charge in [0.25, 0.3) is 0 Å². The molecule has 0 spiro atoms. The first-order chi connectivity index (χ1) is 9.85. The van der Waals surface area contributed by atoms with Gasteiger partial charge in [0.1, 0.15) is 6.54 Å². The molecule has 0 amide bonds. The molecule has 0 heterocycles. The van der Waals surface area contributed by atoms with Crippen LogP contribution < -0.4 is 5.32 Å². The average molecular weight is 302 g/mol. The maximum atomic E-state index is 10.6. The summed E-state index contributed by atoms with van der Waals surface area (Å²) in [5.41, 5.74) is -0.682. The van der Waals surface area contributed by atoms with E-state index in [4.69, 9.17) is 14.9 Å². The molecule has 0 unspecified atom stereocenters. The fourth-order valence-corrected chi connectivity index (χ4v) is 2.14. The van der Waals surface area contributed by atoms with Crippen LogP contribution in [0.2, 0.25) is 0 Å². The molecule has 1 rings (SSSR count). The quantitative estimate of drug-likeness (QED) is 0.401. The average Bonchev–Trinajstić information content (AvgIpc) is 2.44. The van der Waals surface area contributed by atoms with E-state index in [0.717, 1.165) is 0 Å². The van der Waals surface area contributed by atoms with Crippen LogP contribution in [0.3, 0.4) is 0 Å². The molecule has 0 saturated heterocycles. The molecule has 2 atom stereocenters. The normalized spacial score (nSPS) is 25.9. The molecule has 0 bridgehead atoms. The highest BCUT2D eigenvalue weighted by molar-refractivity contribution is 6.01. The Bertz CT molecular complexity index is 448. The highest BCUT2D eigenvalue weighted by atomic mass is 16.5. The molecule has 0 aliphatic heterocycles. The summed E-state index contributed by atoms with van der Waals surface area (Å²) in [6.45, 7) is 0.669. The summed E-state index contributed by atoms with van der Waals surface area (Å²) in [5, 5.41) is 40.5. The van der Waals surface area contributed by atoms with E-state index in [1.807, 2.05) is 0 Å². The number of carboxylic acids is 1. The smallest absolute Gasteiger partial charge is 0.325 e. The summed E-state index contributed by atoms with van der Waals surface area (Å²) < 4.78 is 5.25. The zero-order chi connectivity index (χ0) is 16.0. The fourth-order valence-electron chi connectivity index (χ4n) is 2.14. The Morgan fingerprint density at radius 3 is 2.62 bits per heavy atom. The zero-order valence-electron chi connectivity index (χ0n) is 12.2. The lowest BCUT2D eigenvalue weighted by Crippen LogP contribution is -2.45. The van der Waals surface area contributed by atoms with E-state index in [1.165, 1.54) is 7.11 Å². The van der Waals surface area contributed by atoms with Crippen molar-refractivity contribution in [2.75, 3.05) is 26.9 Å². The Kier molecular flexibility index (Phi) is 6.13. The van der Waals surface area contributed by atoms with Crippen LogP contribution in [0.5, 0.6) is 0 Å². The molecule has 0 aromatic heterocycles. The van der Waals surface area contributed by atoms with Crippen LogP contribution in [-0.4, -0.2) is 70.6 Å². The predicted octanol–water partition coefficient (Wildman–Crippen LogP) is -1.14. The minimum absolute atomic E-state index is 0.00135. The minimum Gasteiger partial charge on any atom is -0.493 e. The Balaban J connectivity index is 3.16. The third-order valence-corrected chi connectivity index (χ3v) is 3.14. The SMILES string of the molecule is COC1=C(N[C@@H](C)CO)C[C@@](O)(CO)CC1=NCC(=O)O. The molecular formula is C13H22N2O6. The first kappa shape index (κ1) is 17.4. The summed E-state index contributed by atoms with van der Waals surface area (Å²) >= 11 is 0. The van der Waals surface area contributed by atoms with Crippen LogP contribution in [0.25, 0.3) is 0 Å². The fraction of sp³-hybridized carbons (Fsp3) is 0.692. The van der Waals surface area contributed by atoms with E-state index in [0.29, 0.717) is 11.5 Å². The third-order valence-electron chi connectivity index (χ3n) is 3.14. The first-order valence-corrected chi connectivity index (χ1v) is 6.58. The Hall–Kier alpha value is -1.64. The largest absolute Gasteiger partial charge is 0.493 e. The number of nitrogens with one attached hydrogen (secondary N) is 1. The highest BCUT2D eigenvalue weighted by Gasteiger charge is 2.38. The summed E-state index contributed by atoms with van der Waals surface area (Å²) in [4.78, 5) is 14.6. The molecule has 0 aromatic carbocycles. The Labute approximate surface area is 122 Å². The van der Waals surface area contributed by atoms with Crippen LogP contribution in [0.15, 0.2) is 16.4 Å². The van der Waals surface area contributed by atoms with Crippen LogP contribution >= 0.6 is 0 Å². The first-order valence-electron chi connectivity index (χ1n) is 6.58. The van der Waals surface area contributed by atoms with Crippen molar-refractivity contribution < 1.29 is 30.0 Å². The van der Waals surface area contributed by atoms with Crippen molar-refractivity contribution in [3.8, 4) is 0 Å². The predicted molar refractivity (Wildman–Crippen MR) is 74.9 cm³/mol. The molecule has 21 heavy (non-hydrogen) atoms. The van der Waals surface area contributed by atoms with Crippen molar-refractivity contribution in [2.24, 2.45) is 4.99 Å². The molecule has 5 N–H and O–H groups in total. The Morgan fingerprint density at radius 1 is 1.48 bits per heavy atom. The number of aliphatic imine (C=N–C) groups is 1. The summed E-state index contributed by atoms with van der Waals surface area (Å²) in [6.07, 6.45) is 0.0990. The number of methoxy groups -OCH3 is 1. The number of hydrogen-bond donors (Lipinski definition) is 5. The molecule has 0 fully saturated rings. The van der Waals surface area contributed by atoms with E-state index in [2.05, 4.69) is 10.3 Å². The van der Waals surface area contributed by atoms with E-state index in [1.54, 1.807) is 6.92 Å². The van der Waals surface area contributed by atoms with Crippen LogP contribution in [0.4, 0.5) is 0 Å². The number of hydrogen-bond acceptors (Lipinski definition) is 7. The van der Waals surface area contributed by atoms with Crippen LogP contribution in [0.1, 0.15) is 19.8 Å². The number of aliphatic hydroxyl groups excluding tert-OH is 2. The molecule has 1 aliphatic carbocycles. The molecule has 8 heteroatoms. The van der Waals surface area contributed by atoms with Gasteiger partial charge in [-0.05, 0) is 6.92 Å². The second kappa shape index (κ2) is 7.39. The molecule has 8 nitrogen and oxygen atoms in total. The lowest BCUT2D eigenvalue weighted by molar-refractivity contribution is -0.135. The van der Waals surface area contributed by atoms with Gasteiger partial charge in [0.05, 0.1) is 37.3 Å². The maximum absolute atomic E-state index is 10.6. The van der Waals surface area contributed by atoms with Gasteiger partial charge < -0.3 is 30.5 Å². The number of aliphatic carboxylic acids is 1. The second-order valence-corrected chi connectivity index (χ2v) is 5.13. The van der Waals surface area contributed by atoms with Gasteiger partial charge >= 0.3 is 5.97 Å². The third kappa shape index (κ3) is 4.69. The molecular weight excluding hydrogens is 280 g/mol. The number of carbonyl (C=O) groups is 1. The van der Waals surface area contributed by atoms with E-state index < -0.39 is 24.7 Å². The van der Waals surface area contributed by atoms with E-state index in [9.17, 15) is 15.0 Å². The van der Waals surface area contributed by atoms with Gasteiger partial charge in [-0.15, -0.1) is 0 Å². The van der Waals surface area contributed by atoms with Crippen molar-refractivity contribution >= 4 is 11.7 Å². The summed E-state index contributed by atoms with van der Waals surface area (Å²) in [5.74, 6) is -0.760. The number of nitrogens with zero attached hydrogens (tertiary/aromatic N) is 1. The lowest BCUT2D eigenvalue weighted by atomic mass is 9.85. The van der Waals surface area contributed by atoms with Crippen molar-refractivity contribution in [3.63, 3.8) is 0 Å². The number of aliphatic hydroxyl groups is 3. The number of allylic oxidation sites excluding steroid dienone is 1. The summed E-state index contributed by atoms with van der Waals surface area (Å²) in [6, 6.07) is -0.285. The van der Waals surface area contributed by atoms with Gasteiger partial charge in [0.15, 0.2) is 5.76 Å². The van der Waals surface area contributed by atoms with Gasteiger partial charge in [-0.2, -0.15) is 0 Å². The molecule has 120 valence electrons.